The van der Waals surface area contributed by atoms with Gasteiger partial charge in [0.2, 0.25) is 0 Å². The van der Waals surface area contributed by atoms with E-state index in [9.17, 15) is 13.2 Å². The number of aliphatic hydroxyl groups excluding tert-OH is 1. The molecule has 0 aliphatic carbocycles. The van der Waals surface area contributed by atoms with E-state index in [-0.39, 0.29) is 6.42 Å². The first kappa shape index (κ1) is 23.7. The summed E-state index contributed by atoms with van der Waals surface area (Å²) in [6.45, 7) is 3.92. The molecule has 0 aliphatic rings. The average molecular weight is 354 g/mol. The van der Waals surface area contributed by atoms with Crippen molar-refractivity contribution in [2.24, 2.45) is 0 Å². The maximum absolute atomic E-state index is 12.1. The van der Waals surface area contributed by atoms with Crippen molar-refractivity contribution in [2.45, 2.75) is 109 Å². The molecule has 0 aromatic heterocycles. The van der Waals surface area contributed by atoms with E-state index >= 15 is 0 Å². The van der Waals surface area contributed by atoms with E-state index in [1.165, 1.54) is 32.1 Å². The van der Waals surface area contributed by atoms with Gasteiger partial charge in [0.25, 0.3) is 0 Å². The summed E-state index contributed by atoms with van der Waals surface area (Å²) in [5, 5.41) is 8.86. The molecule has 0 aromatic rings. The highest BCUT2D eigenvalue weighted by Gasteiger charge is 2.37. The van der Waals surface area contributed by atoms with Crippen LogP contribution in [0.15, 0.2) is 0 Å². The van der Waals surface area contributed by atoms with Gasteiger partial charge >= 0.3 is 6.18 Å². The number of halogens is 3. The van der Waals surface area contributed by atoms with E-state index in [0.717, 1.165) is 58.2 Å². The van der Waals surface area contributed by atoms with Crippen LogP contribution in [0.5, 0.6) is 0 Å². The molecule has 146 valence electrons. The molecule has 1 unspecified atom stereocenters. The van der Waals surface area contributed by atoms with E-state index in [0.29, 0.717) is 6.42 Å². The van der Waals surface area contributed by atoms with Gasteiger partial charge in [0, 0.05) is 13.2 Å². The molecule has 0 radical (unpaired) electrons. The fourth-order valence-corrected chi connectivity index (χ4v) is 2.68. The van der Waals surface area contributed by atoms with Crippen LogP contribution in [0.4, 0.5) is 13.2 Å². The minimum Gasteiger partial charge on any atom is -0.384 e. The third kappa shape index (κ3) is 16.6. The zero-order chi connectivity index (χ0) is 18.1. The number of ether oxygens (including phenoxy) is 1. The Hall–Kier alpha value is -0.290. The van der Waals surface area contributed by atoms with E-state index in [1.807, 2.05) is 0 Å². The van der Waals surface area contributed by atoms with E-state index in [2.05, 4.69) is 6.92 Å². The highest BCUT2D eigenvalue weighted by Crippen LogP contribution is 2.24. The SMILES string of the molecule is CCCCCCCCOCCCCCCCCCC(O)C(F)(F)F. The van der Waals surface area contributed by atoms with Crippen molar-refractivity contribution in [1.82, 2.24) is 0 Å². The largest absolute Gasteiger partial charge is 0.414 e. The summed E-state index contributed by atoms with van der Waals surface area (Å²) >= 11 is 0. The predicted molar refractivity (Wildman–Crippen MR) is 93.2 cm³/mol. The fraction of sp³-hybridized carbons (Fsp3) is 1.00. The second-order valence-electron chi connectivity index (χ2n) is 6.70. The van der Waals surface area contributed by atoms with Crippen molar-refractivity contribution in [2.75, 3.05) is 13.2 Å². The summed E-state index contributed by atoms with van der Waals surface area (Å²) in [4.78, 5) is 0. The second kappa shape index (κ2) is 16.2. The molecule has 0 spiro atoms. The molecule has 1 atom stereocenters. The number of unbranched alkanes of at least 4 members (excludes halogenated alkanes) is 11. The van der Waals surface area contributed by atoms with Crippen LogP contribution in [-0.2, 0) is 4.74 Å². The predicted octanol–water partition coefficient (Wildman–Crippen LogP) is 6.41. The smallest absolute Gasteiger partial charge is 0.384 e. The molecule has 0 amide bonds. The minimum atomic E-state index is -4.46. The Morgan fingerprint density at radius 2 is 1.12 bits per heavy atom. The van der Waals surface area contributed by atoms with Gasteiger partial charge in [0.1, 0.15) is 6.10 Å². The lowest BCUT2D eigenvalue weighted by molar-refractivity contribution is -0.205. The molecule has 0 heterocycles. The Balaban J connectivity index is 3.10. The van der Waals surface area contributed by atoms with Crippen LogP contribution in [0.25, 0.3) is 0 Å². The van der Waals surface area contributed by atoms with Gasteiger partial charge in [-0.25, -0.2) is 0 Å². The Kier molecular flexibility index (Phi) is 16.0. The Bertz CT molecular complexity index is 257. The molecule has 0 fully saturated rings. The third-order valence-corrected chi connectivity index (χ3v) is 4.29. The van der Waals surface area contributed by atoms with Gasteiger partial charge in [0.05, 0.1) is 0 Å². The number of aliphatic hydroxyl groups is 1. The summed E-state index contributed by atoms with van der Waals surface area (Å²) in [6.07, 6.45) is 7.45. The van der Waals surface area contributed by atoms with Crippen LogP contribution < -0.4 is 0 Å². The summed E-state index contributed by atoms with van der Waals surface area (Å²) in [6, 6.07) is 0. The molecular weight excluding hydrogens is 317 g/mol. The van der Waals surface area contributed by atoms with Crippen LogP contribution in [0.3, 0.4) is 0 Å². The third-order valence-electron chi connectivity index (χ3n) is 4.29. The molecule has 0 rings (SSSR count). The van der Waals surface area contributed by atoms with Gasteiger partial charge < -0.3 is 9.84 Å². The van der Waals surface area contributed by atoms with Gasteiger partial charge in [0.15, 0.2) is 0 Å². The van der Waals surface area contributed by atoms with Crippen LogP contribution in [0.1, 0.15) is 96.8 Å². The van der Waals surface area contributed by atoms with Gasteiger partial charge in [-0.3, -0.25) is 0 Å². The zero-order valence-electron chi connectivity index (χ0n) is 15.4. The average Bonchev–Trinajstić information content (AvgIpc) is 2.53. The van der Waals surface area contributed by atoms with Crippen molar-refractivity contribution in [3.05, 3.63) is 0 Å². The Morgan fingerprint density at radius 1 is 0.708 bits per heavy atom. The van der Waals surface area contributed by atoms with E-state index in [4.69, 9.17) is 9.84 Å². The summed E-state index contributed by atoms with van der Waals surface area (Å²) in [7, 11) is 0. The topological polar surface area (TPSA) is 29.5 Å². The van der Waals surface area contributed by atoms with E-state index in [1.54, 1.807) is 0 Å². The van der Waals surface area contributed by atoms with Crippen LogP contribution in [0.2, 0.25) is 0 Å². The van der Waals surface area contributed by atoms with Crippen LogP contribution in [0, 0.1) is 0 Å². The molecule has 0 bridgehead atoms. The monoisotopic (exact) mass is 354 g/mol. The lowest BCUT2D eigenvalue weighted by atomic mass is 10.1. The van der Waals surface area contributed by atoms with Crippen molar-refractivity contribution >= 4 is 0 Å². The summed E-state index contributed by atoms with van der Waals surface area (Å²) in [5.41, 5.74) is 0. The molecule has 5 heteroatoms. The number of alkyl halides is 3. The maximum Gasteiger partial charge on any atom is 0.414 e. The highest BCUT2D eigenvalue weighted by atomic mass is 19.4. The number of hydrogen-bond acceptors (Lipinski definition) is 2. The Labute approximate surface area is 146 Å². The van der Waals surface area contributed by atoms with Crippen LogP contribution in [-0.4, -0.2) is 30.6 Å². The van der Waals surface area contributed by atoms with Crippen molar-refractivity contribution in [3.63, 3.8) is 0 Å². The molecular formula is C19H37F3O2. The zero-order valence-corrected chi connectivity index (χ0v) is 15.4. The van der Waals surface area contributed by atoms with Crippen molar-refractivity contribution in [3.8, 4) is 0 Å². The molecule has 0 saturated heterocycles. The first-order valence-electron chi connectivity index (χ1n) is 9.81. The van der Waals surface area contributed by atoms with Gasteiger partial charge in [-0.15, -0.1) is 0 Å². The quantitative estimate of drug-likeness (QED) is 0.306. The van der Waals surface area contributed by atoms with E-state index < -0.39 is 12.3 Å². The molecule has 0 aromatic carbocycles. The molecule has 0 aliphatic heterocycles. The lowest BCUT2D eigenvalue weighted by Gasteiger charge is -2.13. The summed E-state index contributed by atoms with van der Waals surface area (Å²) < 4.78 is 41.9. The molecule has 0 saturated carbocycles. The first-order chi connectivity index (χ1) is 11.5. The van der Waals surface area contributed by atoms with Crippen LogP contribution >= 0.6 is 0 Å². The lowest BCUT2D eigenvalue weighted by Crippen LogP contribution is -2.28. The van der Waals surface area contributed by atoms with Gasteiger partial charge in [-0.1, -0.05) is 77.6 Å². The summed E-state index contributed by atoms with van der Waals surface area (Å²) in [5.74, 6) is 0. The van der Waals surface area contributed by atoms with Gasteiger partial charge in [-0.05, 0) is 19.3 Å². The van der Waals surface area contributed by atoms with Crippen molar-refractivity contribution < 1.29 is 23.0 Å². The second-order valence-corrected chi connectivity index (χ2v) is 6.70. The standard InChI is InChI=1S/C19H37F3O2/c1-2-3-4-5-10-13-16-24-17-14-11-8-6-7-9-12-15-18(23)19(20,21)22/h18,23H,2-17H2,1H3. The molecule has 24 heavy (non-hydrogen) atoms. The fourth-order valence-electron chi connectivity index (χ4n) is 2.68. The maximum atomic E-state index is 12.1. The first-order valence-corrected chi connectivity index (χ1v) is 9.81. The number of rotatable bonds is 17. The van der Waals surface area contributed by atoms with Gasteiger partial charge in [-0.2, -0.15) is 13.2 Å². The minimum absolute atomic E-state index is 0.171. The Morgan fingerprint density at radius 3 is 1.58 bits per heavy atom. The van der Waals surface area contributed by atoms with Crippen molar-refractivity contribution in [1.29, 1.82) is 0 Å². The highest BCUT2D eigenvalue weighted by molar-refractivity contribution is 4.64. The number of hydrogen-bond donors (Lipinski definition) is 1. The molecule has 1 N–H and O–H groups in total. The molecule has 2 nitrogen and oxygen atoms in total. The normalized spacial score (nSPS) is 13.4.